The average Bonchev–Trinajstić information content (AvgIpc) is 3.11. The summed E-state index contributed by atoms with van der Waals surface area (Å²) in [6.45, 7) is 3.12. The molecule has 2 atom stereocenters. The van der Waals surface area contributed by atoms with E-state index in [-0.39, 0.29) is 11.9 Å². The van der Waals surface area contributed by atoms with Gasteiger partial charge in [-0.3, -0.25) is 4.79 Å². The third kappa shape index (κ3) is 3.71. The van der Waals surface area contributed by atoms with Crippen molar-refractivity contribution in [1.82, 2.24) is 5.32 Å². The van der Waals surface area contributed by atoms with Gasteiger partial charge in [-0.05, 0) is 43.4 Å². The molecule has 104 valence electrons. The van der Waals surface area contributed by atoms with Gasteiger partial charge in [0.25, 0.3) is 0 Å². The van der Waals surface area contributed by atoms with E-state index in [1.807, 2.05) is 0 Å². The second kappa shape index (κ2) is 6.05. The third-order valence-electron chi connectivity index (χ3n) is 4.81. The van der Waals surface area contributed by atoms with Gasteiger partial charge in [0, 0.05) is 19.0 Å². The zero-order valence-electron chi connectivity index (χ0n) is 11.7. The highest BCUT2D eigenvalue weighted by Gasteiger charge is 2.41. The van der Waals surface area contributed by atoms with Gasteiger partial charge < -0.3 is 11.1 Å². The van der Waals surface area contributed by atoms with Crippen molar-refractivity contribution >= 4 is 5.91 Å². The van der Waals surface area contributed by atoms with Crippen LogP contribution in [0.15, 0.2) is 0 Å². The van der Waals surface area contributed by atoms with E-state index in [2.05, 4.69) is 12.2 Å². The van der Waals surface area contributed by atoms with Crippen LogP contribution in [-0.2, 0) is 4.79 Å². The van der Waals surface area contributed by atoms with E-state index in [1.54, 1.807) is 0 Å². The Morgan fingerprint density at radius 3 is 2.67 bits per heavy atom. The Labute approximate surface area is 111 Å². The highest BCUT2D eigenvalue weighted by atomic mass is 16.1. The molecule has 0 saturated heterocycles. The Balaban J connectivity index is 1.68. The Bertz CT molecular complexity index is 286. The van der Waals surface area contributed by atoms with Crippen molar-refractivity contribution in [3.8, 4) is 0 Å². The fraction of sp³-hybridized carbons (Fsp3) is 0.933. The molecule has 2 saturated carbocycles. The number of rotatable bonds is 6. The van der Waals surface area contributed by atoms with Gasteiger partial charge >= 0.3 is 0 Å². The SMILES string of the molecule is CCCC1(CNC(=O)CC2CCCCC2N)CC1. The minimum absolute atomic E-state index is 0.222. The van der Waals surface area contributed by atoms with Gasteiger partial charge in [-0.15, -0.1) is 0 Å². The molecular formula is C15H28N2O. The molecule has 0 aromatic rings. The zero-order chi connectivity index (χ0) is 13.0. The van der Waals surface area contributed by atoms with Crippen molar-refractivity contribution in [2.24, 2.45) is 17.1 Å². The van der Waals surface area contributed by atoms with Crippen molar-refractivity contribution in [2.45, 2.75) is 70.8 Å². The maximum absolute atomic E-state index is 12.0. The number of amides is 1. The summed E-state index contributed by atoms with van der Waals surface area (Å²) in [4.78, 5) is 12.0. The molecule has 0 spiro atoms. The molecule has 0 aliphatic heterocycles. The van der Waals surface area contributed by atoms with Gasteiger partial charge in [-0.1, -0.05) is 26.2 Å². The fourth-order valence-corrected chi connectivity index (χ4v) is 3.31. The first-order chi connectivity index (χ1) is 8.65. The molecule has 2 fully saturated rings. The van der Waals surface area contributed by atoms with E-state index >= 15 is 0 Å². The predicted molar refractivity (Wildman–Crippen MR) is 74.1 cm³/mol. The van der Waals surface area contributed by atoms with Crippen LogP contribution in [0.3, 0.4) is 0 Å². The molecule has 3 N–H and O–H groups in total. The Hall–Kier alpha value is -0.570. The van der Waals surface area contributed by atoms with Crippen LogP contribution in [0.2, 0.25) is 0 Å². The number of carbonyl (C=O) groups excluding carboxylic acids is 1. The van der Waals surface area contributed by atoms with Crippen molar-refractivity contribution in [3.05, 3.63) is 0 Å². The minimum atomic E-state index is 0.222. The van der Waals surface area contributed by atoms with Gasteiger partial charge in [0.15, 0.2) is 0 Å². The molecule has 18 heavy (non-hydrogen) atoms. The number of hydrogen-bond donors (Lipinski definition) is 2. The average molecular weight is 252 g/mol. The summed E-state index contributed by atoms with van der Waals surface area (Å²) in [5.41, 5.74) is 6.55. The lowest BCUT2D eigenvalue weighted by atomic mass is 9.83. The summed E-state index contributed by atoms with van der Waals surface area (Å²) in [5, 5.41) is 3.14. The molecule has 0 aromatic carbocycles. The second-order valence-electron chi connectivity index (χ2n) is 6.44. The molecule has 2 aliphatic carbocycles. The molecule has 0 aromatic heterocycles. The quantitative estimate of drug-likeness (QED) is 0.763. The lowest BCUT2D eigenvalue weighted by Gasteiger charge is -2.28. The van der Waals surface area contributed by atoms with Crippen LogP contribution in [0.4, 0.5) is 0 Å². The van der Waals surface area contributed by atoms with Crippen molar-refractivity contribution < 1.29 is 4.79 Å². The zero-order valence-corrected chi connectivity index (χ0v) is 11.7. The first kappa shape index (κ1) is 13.9. The van der Waals surface area contributed by atoms with Crippen LogP contribution >= 0.6 is 0 Å². The van der Waals surface area contributed by atoms with Crippen molar-refractivity contribution in [1.29, 1.82) is 0 Å². The van der Waals surface area contributed by atoms with Crippen LogP contribution in [0.1, 0.15) is 64.7 Å². The first-order valence-electron chi connectivity index (χ1n) is 7.67. The molecule has 2 aliphatic rings. The molecule has 0 heterocycles. The van der Waals surface area contributed by atoms with E-state index in [0.29, 0.717) is 17.8 Å². The molecule has 0 radical (unpaired) electrons. The van der Waals surface area contributed by atoms with E-state index in [4.69, 9.17) is 5.73 Å². The van der Waals surface area contributed by atoms with Crippen LogP contribution in [-0.4, -0.2) is 18.5 Å². The standard InChI is InChI=1S/C15H28N2O/c1-2-7-15(8-9-15)11-17-14(18)10-12-5-3-4-6-13(12)16/h12-13H,2-11,16H2,1H3,(H,17,18). The first-order valence-corrected chi connectivity index (χ1v) is 7.67. The Kier molecular flexibility index (Phi) is 4.66. The second-order valence-corrected chi connectivity index (χ2v) is 6.44. The highest BCUT2D eigenvalue weighted by Crippen LogP contribution is 2.48. The summed E-state index contributed by atoms with van der Waals surface area (Å²) in [5.74, 6) is 0.639. The molecule has 2 unspecified atom stereocenters. The van der Waals surface area contributed by atoms with Gasteiger partial charge in [0.05, 0.1) is 0 Å². The van der Waals surface area contributed by atoms with E-state index < -0.39 is 0 Å². The smallest absolute Gasteiger partial charge is 0.220 e. The van der Waals surface area contributed by atoms with Crippen molar-refractivity contribution in [3.63, 3.8) is 0 Å². The molecular weight excluding hydrogens is 224 g/mol. The lowest BCUT2D eigenvalue weighted by molar-refractivity contribution is -0.122. The highest BCUT2D eigenvalue weighted by molar-refractivity contribution is 5.76. The van der Waals surface area contributed by atoms with Crippen LogP contribution in [0.5, 0.6) is 0 Å². The number of nitrogens with one attached hydrogen (secondary N) is 1. The normalized spacial score (nSPS) is 29.9. The van der Waals surface area contributed by atoms with Gasteiger partial charge in [-0.25, -0.2) is 0 Å². The summed E-state index contributed by atoms with van der Waals surface area (Å²) < 4.78 is 0. The molecule has 2 rings (SSSR count). The van der Waals surface area contributed by atoms with Gasteiger partial charge in [0.1, 0.15) is 0 Å². The molecule has 3 heteroatoms. The van der Waals surface area contributed by atoms with Crippen LogP contribution in [0.25, 0.3) is 0 Å². The third-order valence-corrected chi connectivity index (χ3v) is 4.81. The molecule has 3 nitrogen and oxygen atoms in total. The van der Waals surface area contributed by atoms with Gasteiger partial charge in [-0.2, -0.15) is 0 Å². The maximum Gasteiger partial charge on any atom is 0.220 e. The largest absolute Gasteiger partial charge is 0.356 e. The van der Waals surface area contributed by atoms with Crippen LogP contribution in [0, 0.1) is 11.3 Å². The van der Waals surface area contributed by atoms with E-state index in [1.165, 1.54) is 38.5 Å². The van der Waals surface area contributed by atoms with Crippen molar-refractivity contribution in [2.75, 3.05) is 6.54 Å². The minimum Gasteiger partial charge on any atom is -0.356 e. The summed E-state index contributed by atoms with van der Waals surface area (Å²) in [6, 6.07) is 0.245. The lowest BCUT2D eigenvalue weighted by Crippen LogP contribution is -2.38. The van der Waals surface area contributed by atoms with E-state index in [0.717, 1.165) is 19.4 Å². The number of nitrogens with two attached hydrogens (primary N) is 1. The number of carbonyl (C=O) groups is 1. The monoisotopic (exact) mass is 252 g/mol. The fourth-order valence-electron chi connectivity index (χ4n) is 3.31. The maximum atomic E-state index is 12.0. The predicted octanol–water partition coefficient (Wildman–Crippen LogP) is 2.59. The molecule has 1 amide bonds. The number of hydrogen-bond acceptors (Lipinski definition) is 2. The topological polar surface area (TPSA) is 55.1 Å². The Morgan fingerprint density at radius 1 is 1.33 bits per heavy atom. The summed E-state index contributed by atoms with van der Waals surface area (Å²) in [6.07, 6.45) is 10.4. The van der Waals surface area contributed by atoms with Crippen LogP contribution < -0.4 is 11.1 Å². The molecule has 0 bridgehead atoms. The van der Waals surface area contributed by atoms with Gasteiger partial charge in [0.2, 0.25) is 5.91 Å². The summed E-state index contributed by atoms with van der Waals surface area (Å²) in [7, 11) is 0. The summed E-state index contributed by atoms with van der Waals surface area (Å²) >= 11 is 0. The van der Waals surface area contributed by atoms with E-state index in [9.17, 15) is 4.79 Å². The Morgan fingerprint density at radius 2 is 2.06 bits per heavy atom.